The van der Waals surface area contributed by atoms with Crippen molar-refractivity contribution in [1.29, 1.82) is 0 Å². The topological polar surface area (TPSA) is 84.6 Å². The maximum absolute atomic E-state index is 11.6. The molecule has 1 unspecified atom stereocenters. The van der Waals surface area contributed by atoms with E-state index in [2.05, 4.69) is 5.32 Å². The lowest BCUT2D eigenvalue weighted by molar-refractivity contribution is -0.124. The Labute approximate surface area is 120 Å². The Morgan fingerprint density at radius 3 is 2.55 bits per heavy atom. The zero-order valence-corrected chi connectivity index (χ0v) is 12.3. The minimum atomic E-state index is -0.898. The van der Waals surface area contributed by atoms with Crippen molar-refractivity contribution in [1.82, 2.24) is 5.32 Å². The van der Waals surface area contributed by atoms with Gasteiger partial charge in [0.2, 0.25) is 0 Å². The molecule has 0 spiro atoms. The first kappa shape index (κ1) is 16.3. The number of nitrogens with two attached hydrogens (primary N) is 1. The second kappa shape index (κ2) is 7.14. The number of anilines is 1. The van der Waals surface area contributed by atoms with Crippen LogP contribution in [0, 0.1) is 5.92 Å². The van der Waals surface area contributed by atoms with E-state index in [1.54, 1.807) is 31.2 Å². The molecule has 0 aromatic heterocycles. The van der Waals surface area contributed by atoms with Crippen molar-refractivity contribution in [2.24, 2.45) is 5.92 Å². The molecule has 0 aliphatic heterocycles. The van der Waals surface area contributed by atoms with Gasteiger partial charge in [0, 0.05) is 12.2 Å². The Bertz CT molecular complexity index is 427. The van der Waals surface area contributed by atoms with Crippen LogP contribution < -0.4 is 15.8 Å². The summed E-state index contributed by atoms with van der Waals surface area (Å²) in [5, 5.41) is 12.8. The lowest BCUT2D eigenvalue weighted by Gasteiger charge is -2.25. The van der Waals surface area contributed by atoms with E-state index in [9.17, 15) is 9.90 Å². The van der Waals surface area contributed by atoms with Gasteiger partial charge in [-0.2, -0.15) is 0 Å². The van der Waals surface area contributed by atoms with Gasteiger partial charge in [0.25, 0.3) is 5.91 Å². The summed E-state index contributed by atoms with van der Waals surface area (Å²) in [4.78, 5) is 11.6. The van der Waals surface area contributed by atoms with Gasteiger partial charge >= 0.3 is 0 Å². The van der Waals surface area contributed by atoms with E-state index in [0.717, 1.165) is 0 Å². The first-order valence-electron chi connectivity index (χ1n) is 6.76. The van der Waals surface area contributed by atoms with Crippen molar-refractivity contribution in [2.75, 3.05) is 18.9 Å². The Kier molecular flexibility index (Phi) is 5.82. The molecule has 5 nitrogen and oxygen atoms in total. The van der Waals surface area contributed by atoms with Gasteiger partial charge in [0.15, 0.2) is 6.61 Å². The normalized spacial score (nSPS) is 13.8. The van der Waals surface area contributed by atoms with Gasteiger partial charge in [-0.15, -0.1) is 0 Å². The predicted octanol–water partition coefficient (Wildman–Crippen LogP) is 1.56. The Morgan fingerprint density at radius 1 is 1.40 bits per heavy atom. The van der Waals surface area contributed by atoms with Gasteiger partial charge in [0.1, 0.15) is 5.75 Å². The molecule has 0 bridgehead atoms. The number of nitrogen functional groups attached to an aromatic ring is 1. The van der Waals surface area contributed by atoms with E-state index in [1.165, 1.54) is 0 Å². The van der Waals surface area contributed by atoms with Gasteiger partial charge in [-0.05, 0) is 43.5 Å². The molecule has 4 N–H and O–H groups in total. The predicted molar refractivity (Wildman–Crippen MR) is 79.4 cm³/mol. The number of amides is 1. The molecule has 0 aliphatic rings. The number of hydrogen-bond donors (Lipinski definition) is 3. The summed E-state index contributed by atoms with van der Waals surface area (Å²) in [6.07, 6.45) is 0.631. The van der Waals surface area contributed by atoms with Crippen molar-refractivity contribution in [3.8, 4) is 5.75 Å². The van der Waals surface area contributed by atoms with Crippen LogP contribution in [0.1, 0.15) is 27.2 Å². The van der Waals surface area contributed by atoms with Gasteiger partial charge in [-0.3, -0.25) is 4.79 Å². The monoisotopic (exact) mass is 280 g/mol. The van der Waals surface area contributed by atoms with E-state index in [-0.39, 0.29) is 19.1 Å². The minimum absolute atomic E-state index is 0.0817. The van der Waals surface area contributed by atoms with Crippen molar-refractivity contribution < 1.29 is 14.6 Å². The summed E-state index contributed by atoms with van der Waals surface area (Å²) in [5.74, 6) is 0.696. The van der Waals surface area contributed by atoms with Crippen LogP contribution in [0.2, 0.25) is 0 Å². The van der Waals surface area contributed by atoms with Crippen LogP contribution >= 0.6 is 0 Å². The highest BCUT2D eigenvalue weighted by Gasteiger charge is 2.22. The van der Waals surface area contributed by atoms with E-state index >= 15 is 0 Å². The molecule has 1 atom stereocenters. The summed E-state index contributed by atoms with van der Waals surface area (Å²) in [7, 11) is 0. The van der Waals surface area contributed by atoms with E-state index in [0.29, 0.717) is 23.8 Å². The molecule has 1 rings (SSSR count). The fourth-order valence-electron chi connectivity index (χ4n) is 2.00. The first-order chi connectivity index (χ1) is 9.28. The molecule has 0 heterocycles. The van der Waals surface area contributed by atoms with Gasteiger partial charge in [-0.25, -0.2) is 0 Å². The van der Waals surface area contributed by atoms with Crippen molar-refractivity contribution in [2.45, 2.75) is 32.8 Å². The van der Waals surface area contributed by atoms with Crippen molar-refractivity contribution in [3.63, 3.8) is 0 Å². The van der Waals surface area contributed by atoms with Crippen LogP contribution in [0.25, 0.3) is 0 Å². The van der Waals surface area contributed by atoms with E-state index in [1.807, 2.05) is 13.8 Å². The molecule has 5 heteroatoms. The second-order valence-electron chi connectivity index (χ2n) is 5.73. The maximum Gasteiger partial charge on any atom is 0.258 e. The number of rotatable bonds is 7. The second-order valence-corrected chi connectivity index (χ2v) is 5.73. The Balaban J connectivity index is 2.32. The average Bonchev–Trinajstić information content (AvgIpc) is 2.34. The minimum Gasteiger partial charge on any atom is -0.484 e. The largest absolute Gasteiger partial charge is 0.484 e. The number of ether oxygens (including phenoxy) is 1. The van der Waals surface area contributed by atoms with E-state index < -0.39 is 5.60 Å². The number of hydrogen-bond acceptors (Lipinski definition) is 4. The molecule has 0 aliphatic carbocycles. The molecule has 1 amide bonds. The van der Waals surface area contributed by atoms with Gasteiger partial charge in [0.05, 0.1) is 5.60 Å². The molecule has 0 saturated heterocycles. The lowest BCUT2D eigenvalue weighted by atomic mass is 9.94. The molecule has 0 saturated carbocycles. The summed E-state index contributed by atoms with van der Waals surface area (Å²) < 4.78 is 5.32. The number of nitrogens with one attached hydrogen (secondary N) is 1. The lowest BCUT2D eigenvalue weighted by Crippen LogP contribution is -2.43. The number of benzene rings is 1. The quantitative estimate of drug-likeness (QED) is 0.662. The first-order valence-corrected chi connectivity index (χ1v) is 6.76. The fraction of sp³-hybridized carbons (Fsp3) is 0.533. The third kappa shape index (κ3) is 6.43. The molecule has 112 valence electrons. The molecular formula is C15H24N2O3. The Hall–Kier alpha value is -1.75. The highest BCUT2D eigenvalue weighted by Crippen LogP contribution is 2.15. The van der Waals surface area contributed by atoms with Crippen LogP contribution in [-0.4, -0.2) is 29.8 Å². The number of carbonyl (C=O) groups excluding carboxylic acids is 1. The number of carbonyl (C=O) groups is 1. The summed E-state index contributed by atoms with van der Waals surface area (Å²) in [5.41, 5.74) is 5.30. The van der Waals surface area contributed by atoms with Crippen LogP contribution in [0.4, 0.5) is 5.69 Å². The standard InChI is InChI=1S/C15H24N2O3/c1-11(2)8-15(3,19)10-17-14(18)9-20-13-6-4-12(16)5-7-13/h4-7,11,19H,8-10,16H2,1-3H3,(H,17,18). The third-order valence-electron chi connectivity index (χ3n) is 2.76. The smallest absolute Gasteiger partial charge is 0.258 e. The fourth-order valence-corrected chi connectivity index (χ4v) is 2.00. The highest BCUT2D eigenvalue weighted by atomic mass is 16.5. The van der Waals surface area contributed by atoms with Crippen LogP contribution in [0.5, 0.6) is 5.75 Å². The molecule has 20 heavy (non-hydrogen) atoms. The molecule has 1 aromatic rings. The van der Waals surface area contributed by atoms with Gasteiger partial charge < -0.3 is 20.9 Å². The van der Waals surface area contributed by atoms with E-state index in [4.69, 9.17) is 10.5 Å². The van der Waals surface area contributed by atoms with Crippen molar-refractivity contribution >= 4 is 11.6 Å². The maximum atomic E-state index is 11.6. The Morgan fingerprint density at radius 2 is 2.00 bits per heavy atom. The number of aliphatic hydroxyl groups is 1. The molecule has 1 aromatic carbocycles. The van der Waals surface area contributed by atoms with Crippen LogP contribution in [-0.2, 0) is 4.79 Å². The molecule has 0 fully saturated rings. The molecule has 0 radical (unpaired) electrons. The van der Waals surface area contributed by atoms with Crippen LogP contribution in [0.15, 0.2) is 24.3 Å². The SMILES string of the molecule is CC(C)CC(C)(O)CNC(=O)COc1ccc(N)cc1. The van der Waals surface area contributed by atoms with Crippen molar-refractivity contribution in [3.05, 3.63) is 24.3 Å². The zero-order valence-electron chi connectivity index (χ0n) is 12.3. The van der Waals surface area contributed by atoms with Gasteiger partial charge in [-0.1, -0.05) is 13.8 Å². The summed E-state index contributed by atoms with van der Waals surface area (Å²) in [6.45, 7) is 5.91. The summed E-state index contributed by atoms with van der Waals surface area (Å²) in [6, 6.07) is 6.83. The molecular weight excluding hydrogens is 256 g/mol. The third-order valence-corrected chi connectivity index (χ3v) is 2.76. The highest BCUT2D eigenvalue weighted by molar-refractivity contribution is 5.77. The summed E-state index contributed by atoms with van der Waals surface area (Å²) >= 11 is 0. The average molecular weight is 280 g/mol. The zero-order chi connectivity index (χ0) is 15.2. The van der Waals surface area contributed by atoms with Crippen LogP contribution in [0.3, 0.4) is 0 Å².